The van der Waals surface area contributed by atoms with Crippen molar-refractivity contribution in [1.29, 1.82) is 5.26 Å². The molecule has 1 heterocycles. The van der Waals surface area contributed by atoms with E-state index in [-0.39, 0.29) is 11.7 Å². The lowest BCUT2D eigenvalue weighted by Gasteiger charge is -2.00. The molecule has 74 valence electrons. The molecule has 3 nitrogen and oxygen atoms in total. The topological polar surface area (TPSA) is 53.8 Å². The van der Waals surface area contributed by atoms with Gasteiger partial charge >= 0.3 is 0 Å². The summed E-state index contributed by atoms with van der Waals surface area (Å²) in [5, 5.41) is 11.1. The number of carbonyl (C=O) groups is 1. The number of carbonyl (C=O) groups excluding carboxylic acids is 1. The molecule has 0 atom stereocenters. The number of thiazole rings is 1. The second-order valence-electron chi connectivity index (χ2n) is 3.36. The summed E-state index contributed by atoms with van der Waals surface area (Å²) in [5.74, 6) is 0.337. The number of rotatable bonds is 4. The van der Waals surface area contributed by atoms with Gasteiger partial charge in [0.1, 0.15) is 11.9 Å². The van der Waals surface area contributed by atoms with Crippen LogP contribution in [-0.2, 0) is 11.2 Å². The fraction of sp³-hybridized carbons (Fsp3) is 0.500. The Morgan fingerprint density at radius 3 is 2.93 bits per heavy atom. The van der Waals surface area contributed by atoms with Crippen molar-refractivity contribution < 1.29 is 4.79 Å². The molecular formula is C10H12N2OS. The molecular weight excluding hydrogens is 196 g/mol. The van der Waals surface area contributed by atoms with Crippen LogP contribution >= 0.6 is 11.3 Å². The number of nitriles is 1. The third kappa shape index (κ3) is 2.93. The van der Waals surface area contributed by atoms with Gasteiger partial charge in [0.25, 0.3) is 0 Å². The standard InChI is InChI=1S/C10H12N2OS/c1-7(2)9(13)3-4-10-12-8(5-11)6-14-10/h6-7H,3-4H2,1-2H3. The Kier molecular flexibility index (Phi) is 3.78. The van der Waals surface area contributed by atoms with Gasteiger partial charge in [-0.05, 0) is 0 Å². The van der Waals surface area contributed by atoms with Crippen molar-refractivity contribution in [3.05, 3.63) is 16.1 Å². The molecule has 0 saturated carbocycles. The van der Waals surface area contributed by atoms with E-state index in [1.807, 2.05) is 19.9 Å². The Balaban J connectivity index is 2.47. The molecule has 1 aromatic rings. The Bertz CT molecular complexity index is 362. The molecule has 0 saturated heterocycles. The fourth-order valence-corrected chi connectivity index (χ4v) is 1.72. The minimum Gasteiger partial charge on any atom is -0.299 e. The lowest BCUT2D eigenvalue weighted by Crippen LogP contribution is -2.07. The summed E-state index contributed by atoms with van der Waals surface area (Å²) in [6, 6.07) is 1.97. The Hall–Kier alpha value is -1.21. The van der Waals surface area contributed by atoms with Crippen molar-refractivity contribution in [3.63, 3.8) is 0 Å². The minimum absolute atomic E-state index is 0.0883. The van der Waals surface area contributed by atoms with Crippen LogP contribution < -0.4 is 0 Å². The maximum absolute atomic E-state index is 11.3. The lowest BCUT2D eigenvalue weighted by molar-refractivity contribution is -0.121. The number of nitrogens with zero attached hydrogens (tertiary/aromatic N) is 2. The smallest absolute Gasteiger partial charge is 0.151 e. The van der Waals surface area contributed by atoms with E-state index in [0.717, 1.165) is 5.01 Å². The van der Waals surface area contributed by atoms with Gasteiger partial charge in [-0.3, -0.25) is 4.79 Å². The summed E-state index contributed by atoms with van der Waals surface area (Å²) in [6.07, 6.45) is 1.18. The molecule has 1 rings (SSSR count). The highest BCUT2D eigenvalue weighted by Gasteiger charge is 2.08. The van der Waals surface area contributed by atoms with E-state index in [0.29, 0.717) is 18.5 Å². The van der Waals surface area contributed by atoms with Crippen molar-refractivity contribution in [2.24, 2.45) is 5.92 Å². The van der Waals surface area contributed by atoms with E-state index >= 15 is 0 Å². The van der Waals surface area contributed by atoms with E-state index in [1.165, 1.54) is 11.3 Å². The summed E-state index contributed by atoms with van der Waals surface area (Å²) < 4.78 is 0. The van der Waals surface area contributed by atoms with Crippen molar-refractivity contribution in [2.45, 2.75) is 26.7 Å². The highest BCUT2D eigenvalue weighted by atomic mass is 32.1. The molecule has 0 aromatic carbocycles. The zero-order chi connectivity index (χ0) is 10.6. The largest absolute Gasteiger partial charge is 0.299 e. The molecule has 4 heteroatoms. The summed E-state index contributed by atoms with van der Waals surface area (Å²) >= 11 is 1.44. The van der Waals surface area contributed by atoms with Crippen LogP contribution in [0.25, 0.3) is 0 Å². The first-order valence-corrected chi connectivity index (χ1v) is 5.38. The number of ketones is 1. The summed E-state index contributed by atoms with van der Waals surface area (Å²) in [6.45, 7) is 3.79. The van der Waals surface area contributed by atoms with E-state index in [9.17, 15) is 4.79 Å². The van der Waals surface area contributed by atoms with Crippen LogP contribution in [0.5, 0.6) is 0 Å². The third-order valence-corrected chi connectivity index (χ3v) is 2.80. The van der Waals surface area contributed by atoms with Crippen LogP contribution in [0.2, 0.25) is 0 Å². The number of hydrogen-bond acceptors (Lipinski definition) is 4. The van der Waals surface area contributed by atoms with Crippen LogP contribution in [-0.4, -0.2) is 10.8 Å². The second kappa shape index (κ2) is 4.87. The average Bonchev–Trinajstić information content (AvgIpc) is 2.61. The highest BCUT2D eigenvalue weighted by molar-refractivity contribution is 7.09. The van der Waals surface area contributed by atoms with Gasteiger partial charge in [-0.1, -0.05) is 13.8 Å². The van der Waals surface area contributed by atoms with Gasteiger partial charge in [0.15, 0.2) is 5.69 Å². The maximum atomic E-state index is 11.3. The molecule has 0 unspecified atom stereocenters. The van der Waals surface area contributed by atoms with Crippen molar-refractivity contribution >= 4 is 17.1 Å². The molecule has 0 aliphatic rings. The average molecular weight is 208 g/mol. The SMILES string of the molecule is CC(C)C(=O)CCc1nc(C#N)cs1. The Morgan fingerprint density at radius 2 is 2.43 bits per heavy atom. The van der Waals surface area contributed by atoms with Gasteiger partial charge in [0.2, 0.25) is 0 Å². The van der Waals surface area contributed by atoms with Crippen molar-refractivity contribution in [2.75, 3.05) is 0 Å². The molecule has 0 radical (unpaired) electrons. The quantitative estimate of drug-likeness (QED) is 0.762. The summed E-state index contributed by atoms with van der Waals surface area (Å²) in [7, 11) is 0. The van der Waals surface area contributed by atoms with Crippen molar-refractivity contribution in [3.8, 4) is 6.07 Å². The van der Waals surface area contributed by atoms with Gasteiger partial charge in [-0.2, -0.15) is 5.26 Å². The molecule has 1 aromatic heterocycles. The zero-order valence-electron chi connectivity index (χ0n) is 8.28. The highest BCUT2D eigenvalue weighted by Crippen LogP contribution is 2.12. The zero-order valence-corrected chi connectivity index (χ0v) is 9.10. The van der Waals surface area contributed by atoms with E-state index < -0.39 is 0 Å². The Labute approximate surface area is 87.4 Å². The van der Waals surface area contributed by atoms with Crippen molar-refractivity contribution in [1.82, 2.24) is 4.98 Å². The minimum atomic E-state index is 0.0883. The van der Waals surface area contributed by atoms with Gasteiger partial charge in [0.05, 0.1) is 5.01 Å². The predicted octanol–water partition coefficient (Wildman–Crippen LogP) is 2.17. The number of hydrogen-bond donors (Lipinski definition) is 0. The maximum Gasteiger partial charge on any atom is 0.151 e. The van der Waals surface area contributed by atoms with E-state index in [4.69, 9.17) is 5.26 Å². The first-order chi connectivity index (χ1) is 6.63. The van der Waals surface area contributed by atoms with Crippen LogP contribution in [0.3, 0.4) is 0 Å². The van der Waals surface area contributed by atoms with E-state index in [2.05, 4.69) is 4.98 Å². The van der Waals surface area contributed by atoms with Crippen LogP contribution in [0, 0.1) is 17.2 Å². The predicted molar refractivity (Wildman–Crippen MR) is 55.0 cm³/mol. The van der Waals surface area contributed by atoms with Crippen LogP contribution in [0.4, 0.5) is 0 Å². The normalized spacial score (nSPS) is 10.1. The monoisotopic (exact) mass is 208 g/mol. The molecule has 0 spiro atoms. The molecule has 14 heavy (non-hydrogen) atoms. The molecule has 0 aliphatic heterocycles. The fourth-order valence-electron chi connectivity index (χ4n) is 0.996. The number of aromatic nitrogens is 1. The Morgan fingerprint density at radius 1 is 1.71 bits per heavy atom. The van der Waals surface area contributed by atoms with Gasteiger partial charge in [0, 0.05) is 24.1 Å². The molecule has 0 bridgehead atoms. The first kappa shape index (κ1) is 10.9. The van der Waals surface area contributed by atoms with Gasteiger partial charge in [-0.25, -0.2) is 4.98 Å². The molecule has 0 amide bonds. The molecule has 0 N–H and O–H groups in total. The van der Waals surface area contributed by atoms with Crippen LogP contribution in [0.1, 0.15) is 31.0 Å². The van der Waals surface area contributed by atoms with Gasteiger partial charge < -0.3 is 0 Å². The number of aryl methyl sites for hydroxylation is 1. The third-order valence-electron chi connectivity index (χ3n) is 1.90. The molecule has 0 fully saturated rings. The summed E-state index contributed by atoms with van der Waals surface area (Å²) in [4.78, 5) is 15.4. The first-order valence-electron chi connectivity index (χ1n) is 4.50. The number of Topliss-reactive ketones (excluding diaryl/α,β-unsaturated/α-hetero) is 1. The van der Waals surface area contributed by atoms with Gasteiger partial charge in [-0.15, -0.1) is 11.3 Å². The van der Waals surface area contributed by atoms with E-state index in [1.54, 1.807) is 5.38 Å². The second-order valence-corrected chi connectivity index (χ2v) is 4.30. The van der Waals surface area contributed by atoms with Crippen LogP contribution in [0.15, 0.2) is 5.38 Å². The summed E-state index contributed by atoms with van der Waals surface area (Å²) in [5.41, 5.74) is 0.446. The molecule has 0 aliphatic carbocycles. The lowest BCUT2D eigenvalue weighted by atomic mass is 10.1.